The van der Waals surface area contributed by atoms with Crippen molar-refractivity contribution in [3.63, 3.8) is 0 Å². The summed E-state index contributed by atoms with van der Waals surface area (Å²) in [5.74, 6) is -0.782. The number of ether oxygens (including phenoxy) is 2. The fourth-order valence-electron chi connectivity index (χ4n) is 4.00. The van der Waals surface area contributed by atoms with Crippen LogP contribution < -0.4 is 9.47 Å². The molecule has 4 rings (SSSR count). The van der Waals surface area contributed by atoms with E-state index in [1.54, 1.807) is 43.4 Å². The number of alkyl halides is 3. The van der Waals surface area contributed by atoms with Gasteiger partial charge in [0.2, 0.25) is 0 Å². The van der Waals surface area contributed by atoms with Crippen LogP contribution in [-0.4, -0.2) is 74.1 Å². The van der Waals surface area contributed by atoms with Crippen LogP contribution in [0.15, 0.2) is 66.0 Å². The Morgan fingerprint density at radius 1 is 1.10 bits per heavy atom. The van der Waals surface area contributed by atoms with Crippen molar-refractivity contribution in [2.75, 3.05) is 26.8 Å². The van der Waals surface area contributed by atoms with Crippen molar-refractivity contribution in [1.29, 1.82) is 0 Å². The Kier molecular flexibility index (Phi) is 9.58. The summed E-state index contributed by atoms with van der Waals surface area (Å²) < 4.78 is 63.2. The molecule has 0 aliphatic rings. The Morgan fingerprint density at radius 2 is 1.81 bits per heavy atom. The number of aromatic nitrogens is 3. The molecule has 0 saturated heterocycles. The van der Waals surface area contributed by atoms with Crippen molar-refractivity contribution in [1.82, 2.24) is 19.4 Å². The standard InChI is InChI=1S/C28H27F3N4O6S/c1-18-22(32-13-12-24(18)41-17-28(29,30)31)16-42(39)26-33-21-6-3-4-7-23(21)35(26)27(38)34(2)14-5-15-40-20-10-8-19(9-11-20)25(36)37/h3-4,6-13H,5,14-17H2,1-2H3,(H,36,37). The summed E-state index contributed by atoms with van der Waals surface area (Å²) in [5.41, 5.74) is 1.59. The molecule has 2 heterocycles. The lowest BCUT2D eigenvalue weighted by atomic mass is 10.2. The summed E-state index contributed by atoms with van der Waals surface area (Å²) in [6.45, 7) is 0.587. The van der Waals surface area contributed by atoms with Gasteiger partial charge in [0.25, 0.3) is 0 Å². The van der Waals surface area contributed by atoms with E-state index in [-0.39, 0.29) is 41.1 Å². The fourth-order valence-corrected chi connectivity index (χ4v) is 5.25. The lowest BCUT2D eigenvalue weighted by molar-refractivity contribution is -0.153. The molecule has 222 valence electrons. The topological polar surface area (TPSA) is 130 Å². The molecule has 0 aliphatic carbocycles. The van der Waals surface area contributed by atoms with Gasteiger partial charge in [0.15, 0.2) is 12.4 Å². The van der Waals surface area contributed by atoms with Crippen LogP contribution in [0.5, 0.6) is 11.5 Å². The largest absolute Gasteiger partial charge is 0.609 e. The first-order valence-corrected chi connectivity index (χ1v) is 14.0. The molecule has 0 fully saturated rings. The number of rotatable bonds is 11. The van der Waals surface area contributed by atoms with E-state index in [0.29, 0.717) is 28.8 Å². The molecule has 0 spiro atoms. The molecule has 2 aromatic heterocycles. The van der Waals surface area contributed by atoms with Gasteiger partial charge >= 0.3 is 23.3 Å². The number of hydrogen-bond donors (Lipinski definition) is 1. The SMILES string of the molecule is Cc1c(OCC(F)(F)F)ccnc1C[S+]([O-])c1nc2ccccc2n1C(=O)N(C)CCCOc1ccc(C(=O)O)cc1. The summed E-state index contributed by atoms with van der Waals surface area (Å²) in [4.78, 5) is 34.6. The number of pyridine rings is 1. The van der Waals surface area contributed by atoms with Gasteiger partial charge in [-0.15, -0.1) is 0 Å². The highest BCUT2D eigenvalue weighted by molar-refractivity contribution is 7.90. The second-order valence-corrected chi connectivity index (χ2v) is 10.6. The van der Waals surface area contributed by atoms with E-state index in [9.17, 15) is 27.3 Å². The number of carboxylic acids is 1. The Hall–Kier alpha value is -4.30. The second-order valence-electron chi connectivity index (χ2n) is 9.23. The molecule has 0 aliphatic heterocycles. The minimum Gasteiger partial charge on any atom is -0.609 e. The summed E-state index contributed by atoms with van der Waals surface area (Å²) in [7, 11) is 1.58. The highest BCUT2D eigenvalue weighted by atomic mass is 32.2. The third-order valence-electron chi connectivity index (χ3n) is 6.18. The van der Waals surface area contributed by atoms with E-state index < -0.39 is 36.0 Å². The molecule has 14 heteroatoms. The van der Waals surface area contributed by atoms with Crippen LogP contribution in [0.4, 0.5) is 18.0 Å². The van der Waals surface area contributed by atoms with Crippen molar-refractivity contribution >= 4 is 34.2 Å². The zero-order valence-corrected chi connectivity index (χ0v) is 23.4. The normalized spacial score (nSPS) is 12.2. The van der Waals surface area contributed by atoms with Crippen LogP contribution >= 0.6 is 0 Å². The Balaban J connectivity index is 1.46. The van der Waals surface area contributed by atoms with Crippen molar-refractivity contribution in [2.24, 2.45) is 0 Å². The van der Waals surface area contributed by atoms with E-state index in [2.05, 4.69) is 9.97 Å². The molecule has 0 saturated carbocycles. The Morgan fingerprint density at radius 3 is 2.50 bits per heavy atom. The maximum Gasteiger partial charge on any atom is 0.422 e. The van der Waals surface area contributed by atoms with Gasteiger partial charge in [-0.2, -0.15) is 18.2 Å². The number of amides is 1. The number of carboxylic acid groups (broad SMARTS) is 1. The van der Waals surface area contributed by atoms with E-state index in [1.165, 1.54) is 40.8 Å². The second kappa shape index (κ2) is 13.1. The zero-order valence-electron chi connectivity index (χ0n) is 22.6. The molecule has 0 bridgehead atoms. The van der Waals surface area contributed by atoms with E-state index in [1.807, 2.05) is 0 Å². The van der Waals surface area contributed by atoms with Crippen LogP contribution in [-0.2, 0) is 16.9 Å². The van der Waals surface area contributed by atoms with Gasteiger partial charge in [0, 0.05) is 36.5 Å². The van der Waals surface area contributed by atoms with Crippen molar-refractivity contribution in [3.05, 3.63) is 77.6 Å². The maximum absolute atomic E-state index is 13.5. The van der Waals surface area contributed by atoms with E-state index in [0.717, 1.165) is 0 Å². The first kappa shape index (κ1) is 30.7. The average molecular weight is 605 g/mol. The third kappa shape index (κ3) is 7.50. The zero-order chi connectivity index (χ0) is 30.4. The predicted molar refractivity (Wildman–Crippen MR) is 147 cm³/mol. The van der Waals surface area contributed by atoms with Crippen molar-refractivity contribution in [3.8, 4) is 11.5 Å². The fraction of sp³-hybridized carbons (Fsp3) is 0.286. The van der Waals surface area contributed by atoms with Crippen LogP contribution in [0.3, 0.4) is 0 Å². The number of hydrogen-bond acceptors (Lipinski definition) is 7. The number of benzene rings is 2. The molecule has 2 aromatic carbocycles. The summed E-state index contributed by atoms with van der Waals surface area (Å²) in [5, 5.41) is 8.97. The number of aromatic carboxylic acids is 1. The Bertz CT molecular complexity index is 1560. The lowest BCUT2D eigenvalue weighted by Crippen LogP contribution is -2.34. The quantitative estimate of drug-likeness (QED) is 0.186. The van der Waals surface area contributed by atoms with Gasteiger partial charge in [0.1, 0.15) is 11.5 Å². The summed E-state index contributed by atoms with van der Waals surface area (Å²) in [6.07, 6.45) is -2.80. The molecule has 1 N–H and O–H groups in total. The Labute approximate surface area is 241 Å². The van der Waals surface area contributed by atoms with E-state index >= 15 is 0 Å². The monoisotopic (exact) mass is 604 g/mol. The van der Waals surface area contributed by atoms with Gasteiger partial charge in [-0.25, -0.2) is 14.2 Å². The smallest absolute Gasteiger partial charge is 0.422 e. The first-order valence-electron chi connectivity index (χ1n) is 12.7. The average Bonchev–Trinajstić information content (AvgIpc) is 3.35. The molecule has 10 nitrogen and oxygen atoms in total. The number of imidazole rings is 1. The van der Waals surface area contributed by atoms with Crippen LogP contribution in [0, 0.1) is 6.92 Å². The maximum atomic E-state index is 13.5. The van der Waals surface area contributed by atoms with Gasteiger partial charge in [-0.05, 0) is 55.8 Å². The predicted octanol–water partition coefficient (Wildman–Crippen LogP) is 5.06. The first-order chi connectivity index (χ1) is 19.9. The highest BCUT2D eigenvalue weighted by Gasteiger charge is 2.31. The molecule has 1 unspecified atom stereocenters. The molecule has 0 radical (unpaired) electrons. The minimum absolute atomic E-state index is 0.0226. The summed E-state index contributed by atoms with van der Waals surface area (Å²) >= 11 is -1.90. The van der Waals surface area contributed by atoms with Gasteiger partial charge in [-0.1, -0.05) is 12.1 Å². The van der Waals surface area contributed by atoms with E-state index in [4.69, 9.17) is 14.6 Å². The van der Waals surface area contributed by atoms with Gasteiger partial charge < -0.3 is 24.0 Å². The minimum atomic E-state index is -4.52. The molecule has 42 heavy (non-hydrogen) atoms. The van der Waals surface area contributed by atoms with Crippen LogP contribution in [0.25, 0.3) is 11.0 Å². The van der Waals surface area contributed by atoms with Crippen LogP contribution in [0.2, 0.25) is 0 Å². The lowest BCUT2D eigenvalue weighted by Gasteiger charge is -2.20. The number of carbonyl (C=O) groups excluding carboxylic acids is 1. The highest BCUT2D eigenvalue weighted by Crippen LogP contribution is 2.27. The number of fused-ring (bicyclic) bond motifs is 1. The summed E-state index contributed by atoms with van der Waals surface area (Å²) in [6, 6.07) is 13.6. The number of para-hydroxylation sites is 2. The molecule has 1 atom stereocenters. The number of nitrogens with zero attached hydrogens (tertiary/aromatic N) is 4. The molecular formula is C28H27F3N4O6S. The van der Waals surface area contributed by atoms with Gasteiger partial charge in [0.05, 0.1) is 28.9 Å². The molecule has 1 amide bonds. The van der Waals surface area contributed by atoms with Gasteiger partial charge in [-0.3, -0.25) is 4.98 Å². The molecular weight excluding hydrogens is 577 g/mol. The number of halogens is 3. The van der Waals surface area contributed by atoms with Crippen LogP contribution in [0.1, 0.15) is 28.0 Å². The number of carbonyl (C=O) groups is 2. The third-order valence-corrected chi connectivity index (χ3v) is 7.39. The van der Waals surface area contributed by atoms with Crippen molar-refractivity contribution in [2.45, 2.75) is 30.4 Å². The van der Waals surface area contributed by atoms with Crippen molar-refractivity contribution < 1.29 is 41.9 Å². The molecule has 4 aromatic rings.